The summed E-state index contributed by atoms with van der Waals surface area (Å²) in [6.07, 6.45) is 2.42. The van der Waals surface area contributed by atoms with E-state index in [1.807, 2.05) is 66.9 Å². The van der Waals surface area contributed by atoms with Crippen molar-refractivity contribution in [3.8, 4) is 0 Å². The van der Waals surface area contributed by atoms with E-state index >= 15 is 0 Å². The van der Waals surface area contributed by atoms with E-state index in [0.717, 1.165) is 47.2 Å². The highest BCUT2D eigenvalue weighted by atomic mass is 35.5. The van der Waals surface area contributed by atoms with Crippen LogP contribution < -0.4 is 4.72 Å². The lowest BCUT2D eigenvalue weighted by atomic mass is 9.85. The van der Waals surface area contributed by atoms with Gasteiger partial charge in [-0.3, -0.25) is 0 Å². The molecule has 0 spiro atoms. The van der Waals surface area contributed by atoms with Crippen LogP contribution in [-0.2, 0) is 16.6 Å². The maximum atomic E-state index is 14.1. The van der Waals surface area contributed by atoms with E-state index in [1.54, 1.807) is 0 Å². The number of rotatable bonds is 9. The van der Waals surface area contributed by atoms with Gasteiger partial charge in [-0.1, -0.05) is 78.9 Å². The van der Waals surface area contributed by atoms with E-state index < -0.39 is 10.0 Å². The number of benzene rings is 3. The second-order valence-electron chi connectivity index (χ2n) is 9.97. The first-order valence-electron chi connectivity index (χ1n) is 12.9. The Morgan fingerprint density at radius 3 is 1.89 bits per heavy atom. The third kappa shape index (κ3) is 5.78. The van der Waals surface area contributed by atoms with Gasteiger partial charge in [-0.25, -0.2) is 13.1 Å². The molecule has 1 fully saturated rings. The van der Waals surface area contributed by atoms with Gasteiger partial charge in [0.05, 0.1) is 0 Å². The van der Waals surface area contributed by atoms with E-state index in [2.05, 4.69) is 46.0 Å². The average molecular weight is 538 g/mol. The number of nitrogens with zero attached hydrogens (tertiary/aromatic N) is 2. The molecule has 5 nitrogen and oxygen atoms in total. The molecule has 2 heterocycles. The van der Waals surface area contributed by atoms with Gasteiger partial charge in [-0.05, 0) is 57.0 Å². The molecule has 0 saturated carbocycles. The number of hydrogen-bond acceptors (Lipinski definition) is 3. The molecule has 4 aromatic rings. The Labute approximate surface area is 227 Å². The van der Waals surface area contributed by atoms with Crippen LogP contribution >= 0.6 is 12.4 Å². The fourth-order valence-corrected chi connectivity index (χ4v) is 7.26. The summed E-state index contributed by atoms with van der Waals surface area (Å²) in [5.41, 5.74) is 3.96. The standard InChI is InChI=1S/C30H35N3O2S.ClH/c1-23(2)31-36(34,35)30-29(28(24-13-5-3-6-14-24)25-15-7-4-8-16-25)26-17-9-10-18-27(26)33(30)22-21-32-19-11-12-20-32;/h3-10,13-18,23,28,31H,11-12,19-22H2,1-2H3;1H. The van der Waals surface area contributed by atoms with Crippen molar-refractivity contribution in [3.63, 3.8) is 0 Å². The summed E-state index contributed by atoms with van der Waals surface area (Å²) in [6, 6.07) is 28.4. The molecule has 3 aromatic carbocycles. The molecule has 0 aliphatic carbocycles. The quantitative estimate of drug-likeness (QED) is 0.284. The summed E-state index contributed by atoms with van der Waals surface area (Å²) in [6.45, 7) is 7.37. The van der Waals surface area contributed by atoms with E-state index in [-0.39, 0.29) is 24.4 Å². The molecule has 1 aliphatic rings. The zero-order valence-corrected chi connectivity index (χ0v) is 23.1. The second kappa shape index (κ2) is 11.8. The number of halogens is 1. The first-order valence-corrected chi connectivity index (χ1v) is 14.4. The van der Waals surface area contributed by atoms with Gasteiger partial charge in [0, 0.05) is 41.5 Å². The number of aromatic nitrogens is 1. The third-order valence-electron chi connectivity index (χ3n) is 7.00. The van der Waals surface area contributed by atoms with Crippen molar-refractivity contribution >= 4 is 33.3 Å². The smallest absolute Gasteiger partial charge is 0.256 e. The minimum absolute atomic E-state index is 0. The van der Waals surface area contributed by atoms with E-state index in [4.69, 9.17) is 0 Å². The van der Waals surface area contributed by atoms with Crippen LogP contribution in [0.5, 0.6) is 0 Å². The van der Waals surface area contributed by atoms with Crippen molar-refractivity contribution in [1.82, 2.24) is 14.2 Å². The highest BCUT2D eigenvalue weighted by Gasteiger charge is 2.33. The monoisotopic (exact) mass is 537 g/mol. The zero-order chi connectivity index (χ0) is 25.1. The molecule has 0 unspecified atom stereocenters. The number of sulfonamides is 1. The molecule has 0 bridgehead atoms. The molecular formula is C30H36ClN3O2S. The summed E-state index contributed by atoms with van der Waals surface area (Å²) >= 11 is 0. The normalized spacial score (nSPS) is 14.5. The average Bonchev–Trinajstić information content (AvgIpc) is 3.50. The molecular weight excluding hydrogens is 502 g/mol. The van der Waals surface area contributed by atoms with Gasteiger partial charge >= 0.3 is 0 Å². The van der Waals surface area contributed by atoms with Crippen molar-refractivity contribution in [2.75, 3.05) is 19.6 Å². The van der Waals surface area contributed by atoms with Gasteiger partial charge < -0.3 is 9.47 Å². The third-order valence-corrected chi connectivity index (χ3v) is 8.73. The first kappa shape index (κ1) is 27.4. The van der Waals surface area contributed by atoms with Crippen molar-refractivity contribution in [2.45, 2.75) is 50.2 Å². The van der Waals surface area contributed by atoms with Crippen LogP contribution in [-0.4, -0.2) is 43.6 Å². The molecule has 1 saturated heterocycles. The maximum Gasteiger partial charge on any atom is 0.256 e. The van der Waals surface area contributed by atoms with Crippen LogP contribution in [0.2, 0.25) is 0 Å². The SMILES string of the molecule is CC(C)NS(=O)(=O)c1c(C(c2ccccc2)c2ccccc2)c2ccccc2n1CCN1CCCC1.Cl. The number of hydrogen-bond donors (Lipinski definition) is 1. The van der Waals surface area contributed by atoms with Gasteiger partial charge in [0.15, 0.2) is 5.03 Å². The Hall–Kier alpha value is -2.64. The van der Waals surface area contributed by atoms with Crippen LogP contribution in [0.4, 0.5) is 0 Å². The van der Waals surface area contributed by atoms with Gasteiger partial charge in [0.1, 0.15) is 0 Å². The van der Waals surface area contributed by atoms with E-state index in [1.165, 1.54) is 12.8 Å². The van der Waals surface area contributed by atoms with Crippen LogP contribution in [0.25, 0.3) is 10.9 Å². The van der Waals surface area contributed by atoms with Gasteiger partial charge in [0.2, 0.25) is 0 Å². The topological polar surface area (TPSA) is 54.3 Å². The molecule has 0 amide bonds. The van der Waals surface area contributed by atoms with E-state index in [9.17, 15) is 8.42 Å². The van der Waals surface area contributed by atoms with Gasteiger partial charge in [0.25, 0.3) is 10.0 Å². The molecule has 1 N–H and O–H groups in total. The Kier molecular flexibility index (Phi) is 8.75. The lowest BCUT2D eigenvalue weighted by molar-refractivity contribution is 0.320. The summed E-state index contributed by atoms with van der Waals surface area (Å²) in [7, 11) is -3.79. The molecule has 1 aliphatic heterocycles. The van der Waals surface area contributed by atoms with Crippen molar-refractivity contribution in [1.29, 1.82) is 0 Å². The van der Waals surface area contributed by atoms with Crippen molar-refractivity contribution in [2.24, 2.45) is 0 Å². The zero-order valence-electron chi connectivity index (χ0n) is 21.5. The molecule has 7 heteroatoms. The highest BCUT2D eigenvalue weighted by molar-refractivity contribution is 7.89. The highest BCUT2D eigenvalue weighted by Crippen LogP contribution is 2.42. The van der Waals surface area contributed by atoms with Crippen LogP contribution in [0.3, 0.4) is 0 Å². The molecule has 0 atom stereocenters. The van der Waals surface area contributed by atoms with Crippen LogP contribution in [0.1, 0.15) is 49.3 Å². The number of nitrogens with one attached hydrogen (secondary N) is 1. The fourth-order valence-electron chi connectivity index (χ4n) is 5.53. The van der Waals surface area contributed by atoms with Crippen LogP contribution in [0, 0.1) is 0 Å². The lowest BCUT2D eigenvalue weighted by Crippen LogP contribution is -2.34. The van der Waals surface area contributed by atoms with E-state index in [0.29, 0.717) is 11.6 Å². The maximum absolute atomic E-state index is 14.1. The summed E-state index contributed by atoms with van der Waals surface area (Å²) < 4.78 is 33.1. The first-order chi connectivity index (χ1) is 17.5. The minimum atomic E-state index is -3.79. The van der Waals surface area contributed by atoms with Crippen molar-refractivity contribution < 1.29 is 8.42 Å². The second-order valence-corrected chi connectivity index (χ2v) is 11.6. The number of likely N-dealkylation sites (tertiary alicyclic amines) is 1. The van der Waals surface area contributed by atoms with Gasteiger partial charge in [-0.2, -0.15) is 0 Å². The Morgan fingerprint density at radius 1 is 0.784 bits per heavy atom. The van der Waals surface area contributed by atoms with Crippen molar-refractivity contribution in [3.05, 3.63) is 102 Å². The summed E-state index contributed by atoms with van der Waals surface area (Å²) in [5.74, 6) is -0.218. The molecule has 1 aromatic heterocycles. The summed E-state index contributed by atoms with van der Waals surface area (Å²) in [5, 5.41) is 1.37. The Balaban J connectivity index is 0.00000320. The fraction of sp³-hybridized carbons (Fsp3) is 0.333. The lowest BCUT2D eigenvalue weighted by Gasteiger charge is -2.22. The Bertz CT molecular complexity index is 1370. The summed E-state index contributed by atoms with van der Waals surface area (Å²) in [4.78, 5) is 2.44. The Morgan fingerprint density at radius 2 is 1.32 bits per heavy atom. The van der Waals surface area contributed by atoms with Gasteiger partial charge in [-0.15, -0.1) is 12.4 Å². The number of para-hydroxylation sites is 1. The molecule has 0 radical (unpaired) electrons. The largest absolute Gasteiger partial charge is 0.329 e. The molecule has 196 valence electrons. The predicted molar refractivity (Wildman–Crippen MR) is 154 cm³/mol. The minimum Gasteiger partial charge on any atom is -0.329 e. The molecule has 37 heavy (non-hydrogen) atoms. The molecule has 5 rings (SSSR count). The van der Waals surface area contributed by atoms with Crippen LogP contribution in [0.15, 0.2) is 90.0 Å². The number of fused-ring (bicyclic) bond motifs is 1. The predicted octanol–water partition coefficient (Wildman–Crippen LogP) is 6.03.